The van der Waals surface area contributed by atoms with Crippen molar-refractivity contribution in [3.8, 4) is 17.6 Å². The molecule has 0 aliphatic heterocycles. The van der Waals surface area contributed by atoms with Crippen LogP contribution in [0.5, 0.6) is 11.5 Å². The smallest absolute Gasteiger partial charge is 0.426 e. The number of thioether (sulfide) groups is 2. The zero-order chi connectivity index (χ0) is 59.3. The Hall–Kier alpha value is -10.0. The molecule has 80 heavy (non-hydrogen) atoms. The van der Waals surface area contributed by atoms with Gasteiger partial charge in [-0.25, -0.2) is 28.8 Å². The van der Waals surface area contributed by atoms with E-state index in [0.29, 0.717) is 4.90 Å². The average molecular weight is 1170 g/mol. The largest absolute Gasteiger partial charge is 0.491 e. The van der Waals surface area contributed by atoms with Crippen molar-refractivity contribution in [1.29, 1.82) is 5.26 Å². The molecule has 0 atom stereocenters. The quantitative estimate of drug-likeness (QED) is 0.0180. The van der Waals surface area contributed by atoms with Gasteiger partial charge in [-0.05, 0) is 82.6 Å². The van der Waals surface area contributed by atoms with Crippen LogP contribution in [0.1, 0.15) is 82.8 Å². The van der Waals surface area contributed by atoms with E-state index < -0.39 is 79.6 Å². The summed E-state index contributed by atoms with van der Waals surface area (Å²) < 4.78 is 108. The molecule has 420 valence electrons. The Labute approximate surface area is 450 Å². The standard InChI is InChI=1S/C21H17N3O9S.C21H15N3O8S.C4F6O3/c1-12(25)32-17-5-3-2-4-15(17)21(28)31-11-30-20(27)13-6-8-14(9-7-13)34-10-16-18(19(22)26)24(29)33-23-16;1-13(25)31-19-5-3-2-4-16(19)21(27)30-12-29-20(26)14-6-8-15(9-7-14)33-11-17-18(10-22)24(28)32-23-17;5-3(6,7)1(11)13-2(12)4(8,9)10/h2-9H,10-11H2,1H3,(H2,22,26);2-9H,11-12H2,1H3;. The number of para-hydroxylation sites is 2. The van der Waals surface area contributed by atoms with Gasteiger partial charge in [-0.3, -0.25) is 23.6 Å². The maximum absolute atomic E-state index is 12.2. The molecular weight excluding hydrogens is 1130 g/mol. The number of hydrogen-bond acceptors (Lipinski definition) is 25. The van der Waals surface area contributed by atoms with Crippen molar-refractivity contribution in [2.45, 2.75) is 47.5 Å². The normalized spacial score (nSPS) is 10.6. The molecule has 0 aliphatic rings. The number of aromatic nitrogens is 4. The van der Waals surface area contributed by atoms with Crippen LogP contribution in [-0.2, 0) is 54.4 Å². The molecule has 2 aromatic heterocycles. The number of rotatable bonds is 17. The van der Waals surface area contributed by atoms with Crippen molar-refractivity contribution in [2.75, 3.05) is 13.6 Å². The first-order valence-corrected chi connectivity index (χ1v) is 23.1. The molecule has 0 unspecified atom stereocenters. The van der Waals surface area contributed by atoms with Crippen LogP contribution in [-0.4, -0.2) is 89.9 Å². The molecule has 26 nitrogen and oxygen atoms in total. The monoisotopic (exact) mass is 1170 g/mol. The summed E-state index contributed by atoms with van der Waals surface area (Å²) in [6.45, 7) is 1.11. The average Bonchev–Trinajstić information content (AvgIpc) is 3.97. The minimum absolute atomic E-state index is 0.00392. The molecule has 0 radical (unpaired) electrons. The highest BCUT2D eigenvalue weighted by atomic mass is 32.2. The summed E-state index contributed by atoms with van der Waals surface area (Å²) in [4.78, 5) is 103. The van der Waals surface area contributed by atoms with Gasteiger partial charge < -0.3 is 49.3 Å². The number of esters is 8. The zero-order valence-corrected chi connectivity index (χ0v) is 41.8. The van der Waals surface area contributed by atoms with Gasteiger partial charge in [-0.1, -0.05) is 24.3 Å². The highest BCUT2D eigenvalue weighted by molar-refractivity contribution is 7.98. The van der Waals surface area contributed by atoms with Crippen LogP contribution in [0.2, 0.25) is 0 Å². The number of benzene rings is 4. The van der Waals surface area contributed by atoms with Crippen LogP contribution in [0.15, 0.2) is 116 Å². The van der Waals surface area contributed by atoms with Crippen molar-refractivity contribution in [1.82, 2.24) is 10.3 Å². The van der Waals surface area contributed by atoms with E-state index >= 15 is 0 Å². The Bertz CT molecular complexity index is 3270. The number of halogens is 6. The van der Waals surface area contributed by atoms with Crippen LogP contribution in [0.3, 0.4) is 0 Å². The van der Waals surface area contributed by atoms with E-state index in [4.69, 9.17) is 39.4 Å². The summed E-state index contributed by atoms with van der Waals surface area (Å²) in [6, 6.07) is 26.2. The molecule has 2 N–H and O–H groups in total. The summed E-state index contributed by atoms with van der Waals surface area (Å²) in [6.07, 6.45) is -11.2. The molecular formula is C46H32F6N6O20S2. The van der Waals surface area contributed by atoms with E-state index in [0.717, 1.165) is 4.90 Å². The van der Waals surface area contributed by atoms with Crippen LogP contribution in [0, 0.1) is 21.7 Å². The predicted octanol–water partition coefficient (Wildman–Crippen LogP) is 5.15. The number of alkyl halides is 6. The Kier molecular flexibility index (Phi) is 22.6. The number of nitrogens with zero attached hydrogens (tertiary/aromatic N) is 5. The fraction of sp³-hybridized carbons (Fsp3) is 0.174. The first-order chi connectivity index (χ1) is 37.7. The predicted molar refractivity (Wildman–Crippen MR) is 246 cm³/mol. The third-order valence-corrected chi connectivity index (χ3v) is 10.8. The van der Waals surface area contributed by atoms with Gasteiger partial charge in [0, 0.05) is 34.0 Å². The van der Waals surface area contributed by atoms with Crippen LogP contribution < -0.4 is 25.0 Å². The van der Waals surface area contributed by atoms with E-state index in [1.54, 1.807) is 54.6 Å². The number of amides is 1. The van der Waals surface area contributed by atoms with E-state index in [2.05, 4.69) is 24.3 Å². The van der Waals surface area contributed by atoms with E-state index in [1.165, 1.54) is 85.9 Å². The van der Waals surface area contributed by atoms with Crippen molar-refractivity contribution in [3.05, 3.63) is 153 Å². The van der Waals surface area contributed by atoms with Gasteiger partial charge >= 0.3 is 60.1 Å². The third-order valence-electron chi connectivity index (χ3n) is 8.76. The van der Waals surface area contributed by atoms with Gasteiger partial charge in [0.1, 0.15) is 22.6 Å². The molecule has 1 amide bonds. The van der Waals surface area contributed by atoms with Gasteiger partial charge in [-0.2, -0.15) is 31.6 Å². The Morgan fingerprint density at radius 1 is 0.588 bits per heavy atom. The molecule has 0 saturated heterocycles. The molecule has 34 heteroatoms. The molecule has 2 heterocycles. The summed E-state index contributed by atoms with van der Waals surface area (Å²) in [5.41, 5.74) is 5.26. The third kappa shape index (κ3) is 19.2. The minimum atomic E-state index is -5.62. The molecule has 0 bridgehead atoms. The van der Waals surface area contributed by atoms with Gasteiger partial charge in [0.05, 0.1) is 22.6 Å². The van der Waals surface area contributed by atoms with Crippen molar-refractivity contribution in [2.24, 2.45) is 5.73 Å². The maximum Gasteiger partial charge on any atom is 0.491 e. The van der Waals surface area contributed by atoms with Crippen LogP contribution in [0.25, 0.3) is 0 Å². The Morgan fingerprint density at radius 3 is 1.35 bits per heavy atom. The second kappa shape index (κ2) is 28.9. The van der Waals surface area contributed by atoms with Crippen LogP contribution >= 0.6 is 23.5 Å². The number of nitriles is 1. The van der Waals surface area contributed by atoms with Crippen molar-refractivity contribution >= 4 is 77.2 Å². The Balaban J connectivity index is 0.000000283. The minimum Gasteiger partial charge on any atom is -0.426 e. The van der Waals surface area contributed by atoms with Crippen molar-refractivity contribution in [3.63, 3.8) is 0 Å². The first-order valence-electron chi connectivity index (χ1n) is 21.2. The summed E-state index contributed by atoms with van der Waals surface area (Å²) in [5.74, 6) is -11.3. The lowest BCUT2D eigenvalue weighted by atomic mass is 10.2. The molecule has 6 aromatic rings. The lowest BCUT2D eigenvalue weighted by Crippen LogP contribution is -2.34. The van der Waals surface area contributed by atoms with Gasteiger partial charge in [0.25, 0.3) is 17.3 Å². The molecule has 6 rings (SSSR count). The topological polar surface area (TPSA) is 374 Å². The number of hydrogen-bond donors (Lipinski definition) is 1. The van der Waals surface area contributed by atoms with Crippen LogP contribution in [0.4, 0.5) is 26.3 Å². The zero-order valence-electron chi connectivity index (χ0n) is 40.1. The summed E-state index contributed by atoms with van der Waals surface area (Å²) in [7, 11) is 0. The number of carbonyl (C=O) groups is 9. The van der Waals surface area contributed by atoms with E-state index in [1.807, 2.05) is 0 Å². The SMILES string of the molecule is CC(=O)Oc1ccccc1C(=O)OCOC(=O)c1ccc(SCc2no[n+]([O-])c2C#N)cc1.CC(=O)Oc1ccccc1C(=O)OCOC(=O)c1ccc(SCc2no[n+]([O-])c2C(N)=O)cc1.O=C(OC(=O)C(F)(F)F)C(F)(F)F. The fourth-order valence-electron chi connectivity index (χ4n) is 5.31. The van der Waals surface area contributed by atoms with Gasteiger partial charge in [-0.15, -0.1) is 23.5 Å². The molecule has 0 fully saturated rings. The summed E-state index contributed by atoms with van der Waals surface area (Å²) >= 11 is 2.50. The van der Waals surface area contributed by atoms with E-state index in [9.17, 15) is 79.9 Å². The fourth-order valence-corrected chi connectivity index (χ4v) is 6.95. The lowest BCUT2D eigenvalue weighted by Gasteiger charge is -2.09. The first kappa shape index (κ1) is 62.5. The Morgan fingerprint density at radius 2 is 0.963 bits per heavy atom. The molecule has 0 saturated carbocycles. The number of ether oxygens (including phenoxy) is 7. The van der Waals surface area contributed by atoms with E-state index in [-0.39, 0.29) is 77.8 Å². The highest BCUT2D eigenvalue weighted by Gasteiger charge is 2.49. The second-order valence-electron chi connectivity index (χ2n) is 14.4. The van der Waals surface area contributed by atoms with Crippen molar-refractivity contribution < 1.29 is 122 Å². The number of primary amides is 1. The highest BCUT2D eigenvalue weighted by Crippen LogP contribution is 2.26. The molecule has 4 aromatic carbocycles. The summed E-state index contributed by atoms with van der Waals surface area (Å²) in [5, 5.41) is 38.5. The number of nitrogens with two attached hydrogens (primary N) is 1. The van der Waals surface area contributed by atoms with Gasteiger partial charge in [0.15, 0.2) is 6.07 Å². The maximum atomic E-state index is 12.2. The lowest BCUT2D eigenvalue weighted by molar-refractivity contribution is -0.804. The molecule has 0 aliphatic carbocycles. The number of carbonyl (C=O) groups excluding carboxylic acids is 9. The molecule has 0 spiro atoms. The van der Waals surface area contributed by atoms with Gasteiger partial charge in [0.2, 0.25) is 25.0 Å². The second-order valence-corrected chi connectivity index (χ2v) is 16.5.